The van der Waals surface area contributed by atoms with E-state index in [0.29, 0.717) is 6.42 Å². The molecule has 1 rings (SSSR count). The van der Waals surface area contributed by atoms with Crippen LogP contribution in [-0.4, -0.2) is 22.2 Å². The molecule has 0 aromatic rings. The molecular weight excluding hydrogens is 172 g/mol. The Hall–Kier alpha value is -1.06. The van der Waals surface area contributed by atoms with Gasteiger partial charge in [0.05, 0.1) is 5.92 Å². The predicted molar refractivity (Wildman–Crippen MR) is 45.3 cm³/mol. The van der Waals surface area contributed by atoms with Crippen molar-refractivity contribution in [3.05, 3.63) is 0 Å². The molecule has 4 heteroatoms. The summed E-state index contributed by atoms with van der Waals surface area (Å²) in [5.74, 6) is -2.34. The van der Waals surface area contributed by atoms with Crippen LogP contribution in [-0.2, 0) is 9.59 Å². The maximum atomic E-state index is 10.8. The zero-order chi connectivity index (χ0) is 9.84. The second-order valence-corrected chi connectivity index (χ2v) is 3.59. The summed E-state index contributed by atoms with van der Waals surface area (Å²) in [7, 11) is 0. The Morgan fingerprint density at radius 1 is 1.15 bits per heavy atom. The third-order valence-electron chi connectivity index (χ3n) is 2.66. The zero-order valence-electron chi connectivity index (χ0n) is 7.40. The fourth-order valence-corrected chi connectivity index (χ4v) is 2.00. The monoisotopic (exact) mass is 186 g/mol. The average molecular weight is 186 g/mol. The molecule has 0 aromatic heterocycles. The first-order valence-corrected chi connectivity index (χ1v) is 4.56. The summed E-state index contributed by atoms with van der Waals surface area (Å²) in [6, 6.07) is 0. The van der Waals surface area contributed by atoms with Gasteiger partial charge in [0, 0.05) is 6.42 Å². The number of hydrogen-bond acceptors (Lipinski definition) is 2. The van der Waals surface area contributed by atoms with Crippen molar-refractivity contribution in [1.82, 2.24) is 0 Å². The van der Waals surface area contributed by atoms with Gasteiger partial charge in [-0.3, -0.25) is 9.59 Å². The summed E-state index contributed by atoms with van der Waals surface area (Å²) in [5, 5.41) is 17.4. The van der Waals surface area contributed by atoms with Gasteiger partial charge in [0.25, 0.3) is 0 Å². The highest BCUT2D eigenvalue weighted by Gasteiger charge is 2.31. The van der Waals surface area contributed by atoms with E-state index in [2.05, 4.69) is 0 Å². The second-order valence-electron chi connectivity index (χ2n) is 3.59. The van der Waals surface area contributed by atoms with E-state index in [4.69, 9.17) is 10.2 Å². The lowest BCUT2D eigenvalue weighted by Crippen LogP contribution is -2.28. The molecule has 2 atom stereocenters. The van der Waals surface area contributed by atoms with E-state index in [0.717, 1.165) is 19.3 Å². The maximum absolute atomic E-state index is 10.8. The minimum Gasteiger partial charge on any atom is -0.481 e. The lowest BCUT2D eigenvalue weighted by molar-refractivity contribution is -0.146. The van der Waals surface area contributed by atoms with Crippen LogP contribution in [0.5, 0.6) is 0 Å². The molecule has 0 radical (unpaired) electrons. The molecule has 1 saturated carbocycles. The van der Waals surface area contributed by atoms with Crippen LogP contribution >= 0.6 is 0 Å². The summed E-state index contributed by atoms with van der Waals surface area (Å²) >= 11 is 0. The van der Waals surface area contributed by atoms with Gasteiger partial charge < -0.3 is 10.2 Å². The number of aliphatic carboxylic acids is 2. The molecule has 74 valence electrons. The molecule has 1 aliphatic carbocycles. The topological polar surface area (TPSA) is 74.6 Å². The molecule has 0 aliphatic heterocycles. The van der Waals surface area contributed by atoms with Gasteiger partial charge in [-0.25, -0.2) is 0 Å². The molecule has 0 amide bonds. The molecule has 1 aliphatic rings. The number of hydrogen-bond donors (Lipinski definition) is 2. The molecule has 13 heavy (non-hydrogen) atoms. The van der Waals surface area contributed by atoms with Crippen LogP contribution in [0.1, 0.15) is 32.1 Å². The van der Waals surface area contributed by atoms with Crippen LogP contribution in [0, 0.1) is 11.8 Å². The summed E-state index contributed by atoms with van der Waals surface area (Å²) in [5.41, 5.74) is 0. The highest BCUT2D eigenvalue weighted by Crippen LogP contribution is 2.32. The Morgan fingerprint density at radius 3 is 2.31 bits per heavy atom. The fraction of sp³-hybridized carbons (Fsp3) is 0.778. The number of carbonyl (C=O) groups is 2. The van der Waals surface area contributed by atoms with E-state index >= 15 is 0 Å². The van der Waals surface area contributed by atoms with Crippen molar-refractivity contribution < 1.29 is 19.8 Å². The first-order valence-electron chi connectivity index (χ1n) is 4.56. The minimum atomic E-state index is -0.891. The standard InChI is InChI=1S/C9H14O4/c10-8(11)5-6-3-1-2-4-7(6)9(12)13/h6-7H,1-5H2,(H,10,11)(H,12,13)/t6-,7-/m1/s1. The average Bonchev–Trinajstić information content (AvgIpc) is 2.03. The SMILES string of the molecule is O=C(O)C[C@H]1CCCC[C@H]1C(=O)O. The van der Waals surface area contributed by atoms with E-state index in [1.54, 1.807) is 0 Å². The minimum absolute atomic E-state index is 0.00301. The summed E-state index contributed by atoms with van der Waals surface area (Å²) in [6.45, 7) is 0. The molecule has 0 unspecified atom stereocenters. The van der Waals surface area contributed by atoms with Crippen molar-refractivity contribution in [3.8, 4) is 0 Å². The Balaban J connectivity index is 2.56. The largest absolute Gasteiger partial charge is 0.481 e. The predicted octanol–water partition coefficient (Wildman–Crippen LogP) is 1.35. The lowest BCUT2D eigenvalue weighted by Gasteiger charge is -2.26. The number of rotatable bonds is 3. The van der Waals surface area contributed by atoms with Crippen LogP contribution < -0.4 is 0 Å². The molecule has 0 spiro atoms. The Morgan fingerprint density at radius 2 is 1.77 bits per heavy atom. The third-order valence-corrected chi connectivity index (χ3v) is 2.66. The first-order chi connectivity index (χ1) is 6.11. The van der Waals surface area contributed by atoms with Gasteiger partial charge in [-0.2, -0.15) is 0 Å². The van der Waals surface area contributed by atoms with Gasteiger partial charge in [0.2, 0.25) is 0 Å². The molecule has 0 saturated heterocycles. The van der Waals surface area contributed by atoms with Crippen molar-refractivity contribution in [2.75, 3.05) is 0 Å². The molecule has 0 bridgehead atoms. The van der Waals surface area contributed by atoms with Crippen LogP contribution in [0.4, 0.5) is 0 Å². The normalized spacial score (nSPS) is 28.3. The Kier molecular flexibility index (Phi) is 3.28. The lowest BCUT2D eigenvalue weighted by atomic mass is 9.77. The quantitative estimate of drug-likeness (QED) is 0.697. The van der Waals surface area contributed by atoms with Crippen LogP contribution in [0.2, 0.25) is 0 Å². The Labute approximate surface area is 76.6 Å². The van der Waals surface area contributed by atoms with Crippen LogP contribution in [0.25, 0.3) is 0 Å². The molecular formula is C9H14O4. The van der Waals surface area contributed by atoms with Gasteiger partial charge in [-0.15, -0.1) is 0 Å². The van der Waals surface area contributed by atoms with Gasteiger partial charge >= 0.3 is 11.9 Å². The first kappa shape index (κ1) is 10.0. The zero-order valence-corrected chi connectivity index (χ0v) is 7.40. The van der Waals surface area contributed by atoms with Crippen molar-refractivity contribution >= 4 is 11.9 Å². The van der Waals surface area contributed by atoms with Gasteiger partial charge in [-0.05, 0) is 18.8 Å². The number of carboxylic acid groups (broad SMARTS) is 2. The summed E-state index contributed by atoms with van der Waals surface area (Å²) < 4.78 is 0. The van der Waals surface area contributed by atoms with E-state index in [9.17, 15) is 9.59 Å². The maximum Gasteiger partial charge on any atom is 0.306 e. The van der Waals surface area contributed by atoms with E-state index < -0.39 is 17.9 Å². The fourth-order valence-electron chi connectivity index (χ4n) is 2.00. The Bertz CT molecular complexity index is 212. The van der Waals surface area contributed by atoms with Gasteiger partial charge in [0.1, 0.15) is 0 Å². The highest BCUT2D eigenvalue weighted by molar-refractivity contribution is 5.73. The van der Waals surface area contributed by atoms with Crippen molar-refractivity contribution in [3.63, 3.8) is 0 Å². The molecule has 4 nitrogen and oxygen atoms in total. The smallest absolute Gasteiger partial charge is 0.306 e. The van der Waals surface area contributed by atoms with Crippen molar-refractivity contribution in [2.24, 2.45) is 11.8 Å². The molecule has 0 heterocycles. The number of carboxylic acids is 2. The second kappa shape index (κ2) is 4.25. The van der Waals surface area contributed by atoms with Crippen molar-refractivity contribution in [2.45, 2.75) is 32.1 Å². The highest BCUT2D eigenvalue weighted by atomic mass is 16.4. The van der Waals surface area contributed by atoms with Crippen molar-refractivity contribution in [1.29, 1.82) is 0 Å². The van der Waals surface area contributed by atoms with E-state index in [-0.39, 0.29) is 12.3 Å². The third kappa shape index (κ3) is 2.72. The molecule has 2 N–H and O–H groups in total. The summed E-state index contributed by atoms with van der Waals surface area (Å²) in [6.07, 6.45) is 3.24. The van der Waals surface area contributed by atoms with Gasteiger partial charge in [-0.1, -0.05) is 12.8 Å². The molecule has 0 aromatic carbocycles. The van der Waals surface area contributed by atoms with E-state index in [1.165, 1.54) is 0 Å². The van der Waals surface area contributed by atoms with Crippen LogP contribution in [0.15, 0.2) is 0 Å². The van der Waals surface area contributed by atoms with E-state index in [1.807, 2.05) is 0 Å². The van der Waals surface area contributed by atoms with Gasteiger partial charge in [0.15, 0.2) is 0 Å². The molecule has 1 fully saturated rings. The van der Waals surface area contributed by atoms with Crippen LogP contribution in [0.3, 0.4) is 0 Å². The summed E-state index contributed by atoms with van der Waals surface area (Å²) in [4.78, 5) is 21.2.